The summed E-state index contributed by atoms with van der Waals surface area (Å²) in [5.41, 5.74) is 6.17. The Morgan fingerprint density at radius 2 is 1.96 bits per heavy atom. The Labute approximate surface area is 149 Å². The summed E-state index contributed by atoms with van der Waals surface area (Å²) in [4.78, 5) is 25.6. The standard InChI is InChI=1S/C18H29N5O2/c1-2-12-25-16-13-14(4-5-15(16)19)17(24)22-8-10-23(11-9-22)18-20-6-3-7-21-18/h3,6-7,14-16H,2,4-5,8-13,19H2,1H3/t14-,15-,16-/m0/s1. The van der Waals surface area contributed by atoms with Gasteiger partial charge in [0, 0.05) is 57.1 Å². The van der Waals surface area contributed by atoms with Gasteiger partial charge in [-0.15, -0.1) is 0 Å². The predicted molar refractivity (Wildman–Crippen MR) is 96.2 cm³/mol. The molecule has 0 spiro atoms. The maximum absolute atomic E-state index is 12.9. The Bertz CT molecular complexity index is 548. The molecule has 7 heteroatoms. The highest BCUT2D eigenvalue weighted by atomic mass is 16.5. The molecule has 1 aliphatic heterocycles. The molecule has 0 radical (unpaired) electrons. The summed E-state index contributed by atoms with van der Waals surface area (Å²) < 4.78 is 5.87. The molecule has 138 valence electrons. The number of carbonyl (C=O) groups is 1. The fourth-order valence-electron chi connectivity index (χ4n) is 3.68. The van der Waals surface area contributed by atoms with Crippen LogP contribution in [0.15, 0.2) is 18.5 Å². The monoisotopic (exact) mass is 347 g/mol. The van der Waals surface area contributed by atoms with Crippen molar-refractivity contribution in [1.29, 1.82) is 0 Å². The second-order valence-corrected chi connectivity index (χ2v) is 6.94. The van der Waals surface area contributed by atoms with Crippen molar-refractivity contribution in [2.75, 3.05) is 37.7 Å². The molecule has 2 aliphatic rings. The van der Waals surface area contributed by atoms with Crippen LogP contribution in [0.4, 0.5) is 5.95 Å². The largest absolute Gasteiger partial charge is 0.377 e. The van der Waals surface area contributed by atoms with Crippen LogP contribution in [0, 0.1) is 5.92 Å². The highest BCUT2D eigenvalue weighted by molar-refractivity contribution is 5.79. The molecular formula is C18H29N5O2. The van der Waals surface area contributed by atoms with Gasteiger partial charge >= 0.3 is 0 Å². The summed E-state index contributed by atoms with van der Waals surface area (Å²) in [6.07, 6.45) is 6.98. The lowest BCUT2D eigenvalue weighted by molar-refractivity contribution is -0.139. The maximum atomic E-state index is 12.9. The van der Waals surface area contributed by atoms with Crippen molar-refractivity contribution >= 4 is 11.9 Å². The van der Waals surface area contributed by atoms with Gasteiger partial charge in [0.2, 0.25) is 11.9 Å². The van der Waals surface area contributed by atoms with Crippen molar-refractivity contribution in [2.45, 2.75) is 44.8 Å². The number of hydrogen-bond acceptors (Lipinski definition) is 6. The Morgan fingerprint density at radius 1 is 1.24 bits per heavy atom. The van der Waals surface area contributed by atoms with Crippen LogP contribution in [0.1, 0.15) is 32.6 Å². The van der Waals surface area contributed by atoms with E-state index in [1.807, 2.05) is 11.0 Å². The van der Waals surface area contributed by atoms with Crippen LogP contribution < -0.4 is 10.6 Å². The van der Waals surface area contributed by atoms with Crippen LogP contribution >= 0.6 is 0 Å². The molecule has 2 heterocycles. The minimum Gasteiger partial charge on any atom is -0.377 e. The molecule has 3 rings (SSSR count). The molecule has 25 heavy (non-hydrogen) atoms. The van der Waals surface area contributed by atoms with Gasteiger partial charge in [-0.1, -0.05) is 6.92 Å². The average Bonchev–Trinajstić information content (AvgIpc) is 2.67. The number of rotatable bonds is 5. The van der Waals surface area contributed by atoms with E-state index >= 15 is 0 Å². The van der Waals surface area contributed by atoms with Crippen molar-refractivity contribution in [1.82, 2.24) is 14.9 Å². The van der Waals surface area contributed by atoms with Crippen molar-refractivity contribution in [3.05, 3.63) is 18.5 Å². The van der Waals surface area contributed by atoms with Gasteiger partial charge in [0.05, 0.1) is 6.10 Å². The summed E-state index contributed by atoms with van der Waals surface area (Å²) in [5.74, 6) is 1.04. The number of nitrogens with zero attached hydrogens (tertiary/aromatic N) is 4. The minimum absolute atomic E-state index is 0.0154. The molecule has 1 saturated carbocycles. The zero-order valence-corrected chi connectivity index (χ0v) is 15.0. The number of piperazine rings is 1. The molecular weight excluding hydrogens is 318 g/mol. The average molecular weight is 347 g/mol. The van der Waals surface area contributed by atoms with E-state index < -0.39 is 0 Å². The van der Waals surface area contributed by atoms with Crippen LogP contribution in [0.2, 0.25) is 0 Å². The Hall–Kier alpha value is -1.73. The van der Waals surface area contributed by atoms with Crippen LogP contribution in [-0.2, 0) is 9.53 Å². The summed E-state index contributed by atoms with van der Waals surface area (Å²) in [6.45, 7) is 5.80. The van der Waals surface area contributed by atoms with Gasteiger partial charge in [-0.05, 0) is 31.7 Å². The summed E-state index contributed by atoms with van der Waals surface area (Å²) in [6, 6.07) is 1.87. The van der Waals surface area contributed by atoms with Gasteiger partial charge in [-0.3, -0.25) is 4.79 Å². The lowest BCUT2D eigenvalue weighted by Crippen LogP contribution is -2.53. The molecule has 1 aromatic rings. The smallest absolute Gasteiger partial charge is 0.225 e. The molecule has 2 N–H and O–H groups in total. The molecule has 1 amide bonds. The van der Waals surface area contributed by atoms with Crippen molar-refractivity contribution in [3.63, 3.8) is 0 Å². The highest BCUT2D eigenvalue weighted by Gasteiger charge is 2.35. The van der Waals surface area contributed by atoms with E-state index in [1.165, 1.54) is 0 Å². The van der Waals surface area contributed by atoms with Gasteiger partial charge < -0.3 is 20.3 Å². The van der Waals surface area contributed by atoms with E-state index in [0.29, 0.717) is 0 Å². The van der Waals surface area contributed by atoms with Crippen molar-refractivity contribution in [3.8, 4) is 0 Å². The third kappa shape index (κ3) is 4.46. The Kier molecular flexibility index (Phi) is 6.20. The first-order valence-electron chi connectivity index (χ1n) is 9.37. The third-order valence-corrected chi connectivity index (χ3v) is 5.15. The van der Waals surface area contributed by atoms with Gasteiger partial charge in [0.25, 0.3) is 0 Å². The summed E-state index contributed by atoms with van der Waals surface area (Å²) >= 11 is 0. The number of ether oxygens (including phenoxy) is 1. The third-order valence-electron chi connectivity index (χ3n) is 5.15. The fraction of sp³-hybridized carbons (Fsp3) is 0.722. The molecule has 0 aromatic carbocycles. The number of anilines is 1. The molecule has 7 nitrogen and oxygen atoms in total. The van der Waals surface area contributed by atoms with E-state index in [2.05, 4.69) is 21.8 Å². The zero-order valence-electron chi connectivity index (χ0n) is 15.0. The molecule has 0 unspecified atom stereocenters. The Morgan fingerprint density at radius 3 is 2.64 bits per heavy atom. The van der Waals surface area contributed by atoms with Crippen molar-refractivity contribution in [2.24, 2.45) is 11.7 Å². The number of carbonyl (C=O) groups excluding carboxylic acids is 1. The van der Waals surface area contributed by atoms with Crippen molar-refractivity contribution < 1.29 is 9.53 Å². The second-order valence-electron chi connectivity index (χ2n) is 6.94. The quantitative estimate of drug-likeness (QED) is 0.857. The van der Waals surface area contributed by atoms with Crippen LogP contribution in [-0.4, -0.2) is 65.7 Å². The van der Waals surface area contributed by atoms with Crippen LogP contribution in [0.3, 0.4) is 0 Å². The summed E-state index contributed by atoms with van der Waals surface area (Å²) in [7, 11) is 0. The topological polar surface area (TPSA) is 84.6 Å². The molecule has 1 aliphatic carbocycles. The van der Waals surface area contributed by atoms with Crippen LogP contribution in [0.25, 0.3) is 0 Å². The lowest BCUT2D eigenvalue weighted by atomic mass is 9.83. The first kappa shape index (κ1) is 18.1. The zero-order chi connectivity index (χ0) is 17.6. The van der Waals surface area contributed by atoms with Gasteiger partial charge in [0.15, 0.2) is 0 Å². The van der Waals surface area contributed by atoms with Gasteiger partial charge in [-0.25, -0.2) is 9.97 Å². The van der Waals surface area contributed by atoms with Crippen LogP contribution in [0.5, 0.6) is 0 Å². The Balaban J connectivity index is 1.52. The number of aromatic nitrogens is 2. The molecule has 1 saturated heterocycles. The van der Waals surface area contributed by atoms with E-state index in [0.717, 1.165) is 64.4 Å². The highest BCUT2D eigenvalue weighted by Crippen LogP contribution is 2.28. The maximum Gasteiger partial charge on any atom is 0.225 e. The fourth-order valence-corrected chi connectivity index (χ4v) is 3.68. The van der Waals surface area contributed by atoms with E-state index in [1.54, 1.807) is 12.4 Å². The van der Waals surface area contributed by atoms with E-state index in [-0.39, 0.29) is 24.0 Å². The van der Waals surface area contributed by atoms with E-state index in [9.17, 15) is 4.79 Å². The molecule has 1 aromatic heterocycles. The molecule has 3 atom stereocenters. The van der Waals surface area contributed by atoms with E-state index in [4.69, 9.17) is 10.5 Å². The number of amides is 1. The molecule has 2 fully saturated rings. The van der Waals surface area contributed by atoms with Gasteiger partial charge in [0.1, 0.15) is 0 Å². The number of nitrogens with two attached hydrogens (primary N) is 1. The second kappa shape index (κ2) is 8.58. The number of hydrogen-bond donors (Lipinski definition) is 1. The normalized spacial score (nSPS) is 27.4. The first-order chi connectivity index (χ1) is 12.2. The lowest BCUT2D eigenvalue weighted by Gasteiger charge is -2.39. The van der Waals surface area contributed by atoms with Gasteiger partial charge in [-0.2, -0.15) is 0 Å². The first-order valence-corrected chi connectivity index (χ1v) is 9.37. The summed E-state index contributed by atoms with van der Waals surface area (Å²) in [5, 5.41) is 0. The minimum atomic E-state index is 0.0154. The predicted octanol–water partition coefficient (Wildman–Crippen LogP) is 1.05. The molecule has 0 bridgehead atoms. The SMILES string of the molecule is CCCO[C@H]1C[C@@H](C(=O)N2CCN(c3ncccn3)CC2)CC[C@@H]1N.